The van der Waals surface area contributed by atoms with E-state index in [1.807, 2.05) is 72.8 Å². The van der Waals surface area contributed by atoms with E-state index in [2.05, 4.69) is 116 Å². The van der Waals surface area contributed by atoms with Gasteiger partial charge in [0.25, 0.3) is 0 Å². The fourth-order valence-corrected chi connectivity index (χ4v) is 4.61. The summed E-state index contributed by atoms with van der Waals surface area (Å²) in [7, 11) is 0. The third kappa shape index (κ3) is 11.3. The maximum atomic E-state index is 3.65. The largest absolute Gasteiger partial charge is 0.184 e. The Kier molecular flexibility index (Phi) is 18.0. The van der Waals surface area contributed by atoms with Crippen LogP contribution in [0.25, 0.3) is 33.0 Å². The SMILES string of the molecule is Cl.Cl.[C-]1=CC=CC1.[Si]=[Zr].[c-]1c(-c2ccc3ccccc3c2)ccc2c1Cc1ccccc1-2.[c-]1ccccc1.[c-]1ccccc1. The zero-order valence-corrected chi connectivity index (χ0v) is 29.3. The molecule has 0 N–H and O–H groups in total. The smallest absolute Gasteiger partial charge is 0.0195 e. The third-order valence-electron chi connectivity index (χ3n) is 6.56. The monoisotopic (exact) mass is 700 g/mol. The molecule has 6 aromatic rings. The minimum absolute atomic E-state index is 0. The van der Waals surface area contributed by atoms with Crippen molar-refractivity contribution < 1.29 is 23.3 Å². The number of fused-ring (bicyclic) bond motifs is 4. The maximum absolute atomic E-state index is 3.65. The Labute approximate surface area is 292 Å². The van der Waals surface area contributed by atoms with Crippen LogP contribution in [0.15, 0.2) is 158 Å². The Morgan fingerprint density at radius 2 is 1.23 bits per heavy atom. The quantitative estimate of drug-likeness (QED) is 0.118. The van der Waals surface area contributed by atoms with Crippen molar-refractivity contribution in [2.75, 3.05) is 0 Å². The molecule has 0 nitrogen and oxygen atoms in total. The Bertz CT molecular complexity index is 1620. The number of benzene rings is 6. The topological polar surface area (TPSA) is 0 Å². The molecule has 8 rings (SSSR count). The Morgan fingerprint density at radius 1 is 0.591 bits per heavy atom. The van der Waals surface area contributed by atoms with Crippen molar-refractivity contribution >= 4 is 42.5 Å². The normalized spacial score (nSPS) is 10.6. The van der Waals surface area contributed by atoms with Gasteiger partial charge in [-0.05, 0) is 22.8 Å². The molecular weight excluding hydrogens is 671 g/mol. The van der Waals surface area contributed by atoms with E-state index >= 15 is 0 Å². The first-order chi connectivity index (χ1) is 20.9. The van der Waals surface area contributed by atoms with Crippen molar-refractivity contribution in [3.8, 4) is 22.3 Å². The summed E-state index contributed by atoms with van der Waals surface area (Å²) in [4.78, 5) is 0. The van der Waals surface area contributed by atoms with Gasteiger partial charge in [0.15, 0.2) is 0 Å². The summed E-state index contributed by atoms with van der Waals surface area (Å²) in [6, 6.07) is 56.9. The van der Waals surface area contributed by atoms with Crippen LogP contribution in [0.1, 0.15) is 17.5 Å². The number of allylic oxidation sites excluding steroid dienone is 4. The fraction of sp³-hybridized carbons (Fsp3) is 0.0500. The minimum Gasteiger partial charge on any atom is -0.184 e. The summed E-state index contributed by atoms with van der Waals surface area (Å²) in [6.45, 7) is 3.06. The second kappa shape index (κ2) is 21.4. The first kappa shape index (κ1) is 36.9. The van der Waals surface area contributed by atoms with Crippen molar-refractivity contribution in [3.05, 3.63) is 193 Å². The van der Waals surface area contributed by atoms with Gasteiger partial charge in [0.2, 0.25) is 0 Å². The predicted octanol–water partition coefficient (Wildman–Crippen LogP) is 10.6. The molecule has 0 aliphatic heterocycles. The summed E-state index contributed by atoms with van der Waals surface area (Å²) in [5.41, 5.74) is 7.85. The van der Waals surface area contributed by atoms with Gasteiger partial charge in [-0.2, -0.15) is 78.9 Å². The Balaban J connectivity index is 0.000000263. The molecule has 0 atom stereocenters. The number of halogens is 2. The third-order valence-corrected chi connectivity index (χ3v) is 6.56. The van der Waals surface area contributed by atoms with Gasteiger partial charge in [-0.15, -0.1) is 60.6 Å². The molecule has 0 heterocycles. The molecule has 6 aromatic carbocycles. The van der Waals surface area contributed by atoms with Crippen molar-refractivity contribution in [1.82, 2.24) is 0 Å². The maximum Gasteiger partial charge on any atom is -0.0195 e. The van der Waals surface area contributed by atoms with Crippen LogP contribution in [0.4, 0.5) is 0 Å². The zero-order valence-electron chi connectivity index (χ0n) is 24.2. The summed E-state index contributed by atoms with van der Waals surface area (Å²) in [6.07, 6.45) is 11.0. The van der Waals surface area contributed by atoms with E-state index in [1.54, 1.807) is 0 Å². The molecule has 0 saturated heterocycles. The first-order valence-electron chi connectivity index (χ1n) is 13.8. The number of hydrogen-bond acceptors (Lipinski definition) is 0. The minimum atomic E-state index is 0. The Hall–Kier alpha value is -3.26. The van der Waals surface area contributed by atoms with E-state index in [0.29, 0.717) is 0 Å². The average molecular weight is 703 g/mol. The van der Waals surface area contributed by atoms with Crippen LogP contribution in [-0.2, 0) is 29.8 Å². The molecule has 218 valence electrons. The van der Waals surface area contributed by atoms with Crippen molar-refractivity contribution in [2.24, 2.45) is 0 Å². The molecule has 4 heteroatoms. The average Bonchev–Trinajstić information content (AvgIpc) is 3.80. The molecule has 0 unspecified atom stereocenters. The van der Waals surface area contributed by atoms with E-state index < -0.39 is 0 Å². The van der Waals surface area contributed by atoms with E-state index in [-0.39, 0.29) is 24.8 Å². The molecule has 44 heavy (non-hydrogen) atoms. The first-order valence-corrected chi connectivity index (χ1v) is 18.0. The second-order valence-corrected chi connectivity index (χ2v) is 9.32. The van der Waals surface area contributed by atoms with E-state index in [4.69, 9.17) is 0 Å². The molecule has 2 aliphatic rings. The molecule has 0 amide bonds. The van der Waals surface area contributed by atoms with Gasteiger partial charge in [-0.1, -0.05) is 83.4 Å². The van der Waals surface area contributed by atoms with E-state index in [1.165, 1.54) is 67.5 Å². The molecule has 2 radical (unpaired) electrons. The fourth-order valence-electron chi connectivity index (χ4n) is 4.61. The van der Waals surface area contributed by atoms with Gasteiger partial charge in [-0.3, -0.25) is 6.08 Å². The van der Waals surface area contributed by atoms with Gasteiger partial charge in [0.1, 0.15) is 0 Å². The molecular formula is C40H32Cl2SiZr-4. The zero-order chi connectivity index (χ0) is 29.2. The van der Waals surface area contributed by atoms with E-state index in [9.17, 15) is 0 Å². The standard InChI is InChI=1S/C23H15.2C6H5.C5H5.2ClH.Si.Zr/c1-2-6-17-13-18(10-9-16(17)5-1)19-11-12-23-21(14-19)15-20-7-3-4-8-22(20)23;2*1-2-4-6-5-3-1;1-2-4-5-3-1;;;;/h1-13H,15H2;2*1-5H;1-3H,4H2;2*1H;;/q4*-1;;;;. The second-order valence-electron chi connectivity index (χ2n) is 9.32. The van der Waals surface area contributed by atoms with Crippen LogP contribution in [-0.4, -0.2) is 6.88 Å². The predicted molar refractivity (Wildman–Crippen MR) is 189 cm³/mol. The van der Waals surface area contributed by atoms with Gasteiger partial charge >= 0.3 is 30.2 Å². The van der Waals surface area contributed by atoms with Crippen LogP contribution < -0.4 is 0 Å². The summed E-state index contributed by atoms with van der Waals surface area (Å²) >= 11 is 1.36. The molecule has 0 aromatic heterocycles. The molecule has 0 fully saturated rings. The summed E-state index contributed by atoms with van der Waals surface area (Å²) in [5, 5.41) is 2.56. The molecule has 0 spiro atoms. The van der Waals surface area contributed by atoms with Crippen LogP contribution in [0.2, 0.25) is 0 Å². The molecule has 0 saturated carbocycles. The van der Waals surface area contributed by atoms with Crippen molar-refractivity contribution in [2.45, 2.75) is 12.8 Å². The van der Waals surface area contributed by atoms with Crippen LogP contribution in [0, 0.1) is 24.3 Å². The van der Waals surface area contributed by atoms with Gasteiger partial charge in [0.05, 0.1) is 0 Å². The van der Waals surface area contributed by atoms with Crippen molar-refractivity contribution in [3.63, 3.8) is 0 Å². The van der Waals surface area contributed by atoms with Crippen LogP contribution in [0.3, 0.4) is 0 Å². The van der Waals surface area contributed by atoms with Crippen molar-refractivity contribution in [1.29, 1.82) is 0 Å². The van der Waals surface area contributed by atoms with Gasteiger partial charge < -0.3 is 0 Å². The summed E-state index contributed by atoms with van der Waals surface area (Å²) in [5.74, 6) is 0. The van der Waals surface area contributed by atoms with Crippen LogP contribution in [0.5, 0.6) is 0 Å². The van der Waals surface area contributed by atoms with Gasteiger partial charge in [0, 0.05) is 0 Å². The molecule has 0 bridgehead atoms. The van der Waals surface area contributed by atoms with Crippen LogP contribution >= 0.6 is 24.8 Å². The number of rotatable bonds is 1. The molecule has 2 aliphatic carbocycles. The Morgan fingerprint density at radius 3 is 1.77 bits per heavy atom. The number of hydrogen-bond donors (Lipinski definition) is 0. The van der Waals surface area contributed by atoms with Gasteiger partial charge in [-0.25, -0.2) is 12.2 Å². The summed E-state index contributed by atoms with van der Waals surface area (Å²) < 4.78 is 0. The van der Waals surface area contributed by atoms with E-state index in [0.717, 1.165) is 12.8 Å².